The van der Waals surface area contributed by atoms with Gasteiger partial charge in [0.1, 0.15) is 41.5 Å². The van der Waals surface area contributed by atoms with Crippen LogP contribution in [0.25, 0.3) is 12.2 Å². The van der Waals surface area contributed by atoms with E-state index in [0.717, 1.165) is 11.6 Å². The minimum atomic E-state index is -1.65. The Bertz CT molecular complexity index is 910. The molecular formula is C21H22O9. The molecule has 6 N–H and O–H groups in total. The lowest BCUT2D eigenvalue weighted by Crippen LogP contribution is -2.60. The zero-order valence-corrected chi connectivity index (χ0v) is 15.7. The van der Waals surface area contributed by atoms with Crippen LogP contribution in [0.15, 0.2) is 42.5 Å². The van der Waals surface area contributed by atoms with E-state index in [1.54, 1.807) is 6.08 Å². The van der Waals surface area contributed by atoms with E-state index in [1.807, 2.05) is 30.3 Å². The van der Waals surface area contributed by atoms with Crippen LogP contribution in [-0.4, -0.2) is 73.9 Å². The third kappa shape index (κ3) is 4.61. The number of ether oxygens (including phenoxy) is 2. The summed E-state index contributed by atoms with van der Waals surface area (Å²) in [7, 11) is 0. The first-order valence-corrected chi connectivity index (χ1v) is 9.12. The summed E-state index contributed by atoms with van der Waals surface area (Å²) in [6.45, 7) is -0.626. The molecule has 9 nitrogen and oxygen atoms in total. The van der Waals surface area contributed by atoms with Crippen molar-refractivity contribution in [1.82, 2.24) is 0 Å². The Labute approximate surface area is 171 Å². The van der Waals surface area contributed by atoms with E-state index in [2.05, 4.69) is 0 Å². The summed E-state index contributed by atoms with van der Waals surface area (Å²) in [4.78, 5) is 11.6. The summed E-state index contributed by atoms with van der Waals surface area (Å²) in [6, 6.07) is 11.4. The van der Waals surface area contributed by atoms with Crippen molar-refractivity contribution >= 4 is 18.1 Å². The molecular weight excluding hydrogens is 396 g/mol. The van der Waals surface area contributed by atoms with E-state index >= 15 is 0 Å². The van der Waals surface area contributed by atoms with Gasteiger partial charge in [0.15, 0.2) is 0 Å². The largest absolute Gasteiger partial charge is 0.507 e. The van der Waals surface area contributed by atoms with Gasteiger partial charge in [-0.2, -0.15) is 0 Å². The first-order valence-electron chi connectivity index (χ1n) is 9.12. The minimum absolute atomic E-state index is 0.0467. The maximum Gasteiger partial charge on any atom is 0.340 e. The second-order valence-corrected chi connectivity index (χ2v) is 6.77. The highest BCUT2D eigenvalue weighted by Gasteiger charge is 2.44. The van der Waals surface area contributed by atoms with Crippen molar-refractivity contribution in [1.29, 1.82) is 0 Å². The number of aliphatic hydroxyl groups is 4. The predicted molar refractivity (Wildman–Crippen MR) is 105 cm³/mol. The van der Waals surface area contributed by atoms with E-state index in [1.165, 1.54) is 12.1 Å². The number of aromatic hydroxyl groups is 1. The lowest BCUT2D eigenvalue weighted by molar-refractivity contribution is -0.277. The van der Waals surface area contributed by atoms with E-state index in [9.17, 15) is 35.4 Å². The standard InChI is InChI=1S/C21H22O9/c22-10-15-17(24)18(25)19(26)21(30-15)29-13-8-12(16(20(27)28)14(23)9-13)7-6-11-4-2-1-3-5-11/h1-9,15,17-19,21-26H,10H2,(H,27,28)/t15-,17+,18+,19-,21+/m0/s1. The molecule has 0 aromatic heterocycles. The average Bonchev–Trinajstić information content (AvgIpc) is 2.72. The highest BCUT2D eigenvalue weighted by molar-refractivity contribution is 5.96. The van der Waals surface area contributed by atoms with Gasteiger partial charge in [0.2, 0.25) is 6.29 Å². The molecule has 0 unspecified atom stereocenters. The molecule has 0 radical (unpaired) electrons. The van der Waals surface area contributed by atoms with Crippen molar-refractivity contribution < 1.29 is 44.9 Å². The number of carbonyl (C=O) groups is 1. The van der Waals surface area contributed by atoms with Crippen LogP contribution in [0.3, 0.4) is 0 Å². The number of aromatic carboxylic acids is 1. The summed E-state index contributed by atoms with van der Waals surface area (Å²) >= 11 is 0. The van der Waals surface area contributed by atoms with Gasteiger partial charge in [0.05, 0.1) is 6.61 Å². The molecule has 2 aromatic rings. The van der Waals surface area contributed by atoms with Gasteiger partial charge in [-0.1, -0.05) is 42.5 Å². The second kappa shape index (κ2) is 9.24. The number of rotatable bonds is 6. The van der Waals surface area contributed by atoms with Crippen LogP contribution >= 0.6 is 0 Å². The molecule has 30 heavy (non-hydrogen) atoms. The fourth-order valence-electron chi connectivity index (χ4n) is 3.10. The number of benzene rings is 2. The fraction of sp³-hybridized carbons (Fsp3) is 0.286. The number of hydrogen-bond acceptors (Lipinski definition) is 8. The maximum atomic E-state index is 11.6. The van der Waals surface area contributed by atoms with Crippen molar-refractivity contribution in [3.05, 3.63) is 59.2 Å². The summed E-state index contributed by atoms with van der Waals surface area (Å²) < 4.78 is 10.8. The average molecular weight is 418 g/mol. The van der Waals surface area contributed by atoms with Gasteiger partial charge >= 0.3 is 5.97 Å². The molecule has 1 aliphatic rings. The quantitative estimate of drug-likeness (QED) is 0.366. The first-order chi connectivity index (χ1) is 14.3. The van der Waals surface area contributed by atoms with Crippen LogP contribution in [0, 0.1) is 0 Å². The normalized spacial score (nSPS) is 26.6. The third-order valence-electron chi connectivity index (χ3n) is 4.69. The van der Waals surface area contributed by atoms with Crippen LogP contribution in [0.1, 0.15) is 21.5 Å². The van der Waals surface area contributed by atoms with Gasteiger partial charge in [-0.3, -0.25) is 0 Å². The Balaban J connectivity index is 1.91. The summed E-state index contributed by atoms with van der Waals surface area (Å²) in [5, 5.41) is 58.7. The molecule has 0 amide bonds. The van der Waals surface area contributed by atoms with Crippen LogP contribution < -0.4 is 4.74 Å². The maximum absolute atomic E-state index is 11.6. The van der Waals surface area contributed by atoms with Crippen molar-refractivity contribution in [3.8, 4) is 11.5 Å². The Kier molecular flexibility index (Phi) is 6.70. The van der Waals surface area contributed by atoms with Gasteiger partial charge in [-0.25, -0.2) is 4.79 Å². The number of carboxylic acid groups (broad SMARTS) is 1. The van der Waals surface area contributed by atoms with Gasteiger partial charge < -0.3 is 40.1 Å². The van der Waals surface area contributed by atoms with Crippen LogP contribution in [0.5, 0.6) is 11.5 Å². The van der Waals surface area contributed by atoms with Crippen molar-refractivity contribution in [3.63, 3.8) is 0 Å². The SMILES string of the molecule is O=C(O)c1c(O)cc(O[C@@H]2O[C@@H](CO)[C@@H](O)[C@@H](O)[C@@H]2O)cc1C=Cc1ccccc1. The van der Waals surface area contributed by atoms with E-state index in [0.29, 0.717) is 0 Å². The monoisotopic (exact) mass is 418 g/mol. The van der Waals surface area contributed by atoms with Gasteiger partial charge in [-0.05, 0) is 17.2 Å². The molecule has 0 aliphatic carbocycles. The van der Waals surface area contributed by atoms with Crippen molar-refractivity contribution in [2.75, 3.05) is 6.61 Å². The molecule has 0 saturated carbocycles. The van der Waals surface area contributed by atoms with E-state index in [-0.39, 0.29) is 16.9 Å². The lowest BCUT2D eigenvalue weighted by Gasteiger charge is -2.39. The third-order valence-corrected chi connectivity index (χ3v) is 4.69. The smallest absolute Gasteiger partial charge is 0.340 e. The van der Waals surface area contributed by atoms with Crippen molar-refractivity contribution in [2.45, 2.75) is 30.7 Å². The van der Waals surface area contributed by atoms with E-state index in [4.69, 9.17) is 9.47 Å². The number of hydrogen-bond donors (Lipinski definition) is 6. The molecule has 0 spiro atoms. The van der Waals surface area contributed by atoms with Crippen molar-refractivity contribution in [2.24, 2.45) is 0 Å². The van der Waals surface area contributed by atoms with Crippen LogP contribution in [-0.2, 0) is 4.74 Å². The Morgan fingerprint density at radius 1 is 1.03 bits per heavy atom. The van der Waals surface area contributed by atoms with Crippen LogP contribution in [0.2, 0.25) is 0 Å². The molecule has 160 valence electrons. The highest BCUT2D eigenvalue weighted by atomic mass is 16.7. The highest BCUT2D eigenvalue weighted by Crippen LogP contribution is 2.32. The summed E-state index contributed by atoms with van der Waals surface area (Å²) in [5.41, 5.74) is 0.586. The zero-order valence-electron chi connectivity index (χ0n) is 15.7. The lowest BCUT2D eigenvalue weighted by atomic mass is 9.99. The molecule has 1 aliphatic heterocycles. The molecule has 5 atom stereocenters. The van der Waals surface area contributed by atoms with Crippen LogP contribution in [0.4, 0.5) is 0 Å². The summed E-state index contributed by atoms with van der Waals surface area (Å²) in [6.07, 6.45) is -4.33. The van der Waals surface area contributed by atoms with Gasteiger partial charge in [0.25, 0.3) is 0 Å². The molecule has 1 heterocycles. The molecule has 1 fully saturated rings. The molecule has 0 bridgehead atoms. The Hall–Kier alpha value is -2.95. The molecule has 9 heteroatoms. The molecule has 2 aromatic carbocycles. The number of phenols is 1. The second-order valence-electron chi connectivity index (χ2n) is 6.77. The first kappa shape index (κ1) is 21.8. The number of carboxylic acids is 1. The van der Waals surface area contributed by atoms with E-state index < -0.39 is 49.0 Å². The topological polar surface area (TPSA) is 157 Å². The Morgan fingerprint density at radius 3 is 2.37 bits per heavy atom. The van der Waals surface area contributed by atoms with Gasteiger partial charge in [0, 0.05) is 6.07 Å². The zero-order chi connectivity index (χ0) is 21.8. The predicted octanol–water partition coefficient (Wildman–Crippen LogP) is 0.439. The minimum Gasteiger partial charge on any atom is -0.507 e. The van der Waals surface area contributed by atoms with Gasteiger partial charge in [-0.15, -0.1) is 0 Å². The Morgan fingerprint density at radius 2 is 1.73 bits per heavy atom. The number of aliphatic hydroxyl groups excluding tert-OH is 4. The fourth-order valence-corrected chi connectivity index (χ4v) is 3.10. The molecule has 3 rings (SSSR count). The molecule has 1 saturated heterocycles. The summed E-state index contributed by atoms with van der Waals surface area (Å²) in [5.74, 6) is -1.97.